The van der Waals surface area contributed by atoms with Crippen LogP contribution < -0.4 is 5.14 Å². The summed E-state index contributed by atoms with van der Waals surface area (Å²) in [5, 5.41) is 5.05. The number of hydrogen-bond donors (Lipinski definition) is 1. The molecule has 2 N–H and O–H groups in total. The number of carbonyl (C=O) groups excluding carboxylic acids is 1. The van der Waals surface area contributed by atoms with E-state index in [2.05, 4.69) is 15.9 Å². The summed E-state index contributed by atoms with van der Waals surface area (Å²) in [4.78, 5) is 14.0. The zero-order valence-corrected chi connectivity index (χ0v) is 16.0. The number of carbonyl (C=O) groups is 1. The highest BCUT2D eigenvalue weighted by molar-refractivity contribution is 9.10. The first-order valence-electron chi connectivity index (χ1n) is 7.54. The minimum absolute atomic E-state index is 0.00717. The van der Waals surface area contributed by atoms with Crippen LogP contribution in [0.3, 0.4) is 0 Å². The fourth-order valence-corrected chi connectivity index (χ4v) is 3.25. The molecule has 0 aliphatic carbocycles. The second kappa shape index (κ2) is 8.07. The van der Waals surface area contributed by atoms with Crippen molar-refractivity contribution in [3.63, 3.8) is 0 Å². The highest BCUT2D eigenvalue weighted by atomic mass is 79.9. The van der Waals surface area contributed by atoms with Crippen LogP contribution in [0.25, 0.3) is 0 Å². The number of sulfonamides is 1. The van der Waals surface area contributed by atoms with Crippen molar-refractivity contribution < 1.29 is 17.6 Å². The molecule has 0 bridgehead atoms. The van der Waals surface area contributed by atoms with Crippen LogP contribution in [0.2, 0.25) is 0 Å². The van der Waals surface area contributed by atoms with Crippen molar-refractivity contribution >= 4 is 31.9 Å². The lowest BCUT2D eigenvalue weighted by Crippen LogP contribution is -2.32. The van der Waals surface area contributed by atoms with Gasteiger partial charge in [-0.15, -0.1) is 0 Å². The number of primary sulfonamides is 1. The van der Waals surface area contributed by atoms with E-state index in [-0.39, 0.29) is 29.6 Å². The molecule has 0 heterocycles. The first kappa shape index (κ1) is 19.6. The Morgan fingerprint density at radius 1 is 1.20 bits per heavy atom. The summed E-state index contributed by atoms with van der Waals surface area (Å²) >= 11 is 3.29. The van der Waals surface area contributed by atoms with Crippen LogP contribution in [0.15, 0.2) is 51.8 Å². The number of halogens is 2. The van der Waals surface area contributed by atoms with Crippen LogP contribution >= 0.6 is 15.9 Å². The van der Waals surface area contributed by atoms with Crippen molar-refractivity contribution in [2.75, 3.05) is 6.54 Å². The van der Waals surface area contributed by atoms with Crippen molar-refractivity contribution in [3.05, 3.63) is 63.9 Å². The van der Waals surface area contributed by atoms with Crippen LogP contribution in [-0.4, -0.2) is 25.8 Å². The molecule has 8 heteroatoms. The lowest BCUT2D eigenvalue weighted by molar-refractivity contribution is -0.130. The Hall–Kier alpha value is -1.77. The molecular weight excluding hydrogens is 411 g/mol. The normalized spacial score (nSPS) is 11.4. The van der Waals surface area contributed by atoms with E-state index in [9.17, 15) is 17.6 Å². The summed E-state index contributed by atoms with van der Waals surface area (Å²) in [7, 11) is -3.76. The zero-order chi connectivity index (χ0) is 18.6. The monoisotopic (exact) mass is 428 g/mol. The summed E-state index contributed by atoms with van der Waals surface area (Å²) in [5.41, 5.74) is 1.08. The van der Waals surface area contributed by atoms with E-state index in [4.69, 9.17) is 5.14 Å². The van der Waals surface area contributed by atoms with Gasteiger partial charge >= 0.3 is 0 Å². The van der Waals surface area contributed by atoms with Gasteiger partial charge in [-0.25, -0.2) is 17.9 Å². The lowest BCUT2D eigenvalue weighted by atomic mass is 10.1. The number of benzene rings is 2. The number of nitrogens with two attached hydrogens (primary N) is 1. The molecule has 0 spiro atoms. The Kier molecular flexibility index (Phi) is 6.31. The van der Waals surface area contributed by atoms with Crippen LogP contribution in [0.5, 0.6) is 0 Å². The van der Waals surface area contributed by atoms with Gasteiger partial charge in [0.2, 0.25) is 15.9 Å². The van der Waals surface area contributed by atoms with Gasteiger partial charge < -0.3 is 4.90 Å². The Morgan fingerprint density at radius 3 is 2.40 bits per heavy atom. The molecule has 134 valence electrons. The molecule has 2 aromatic rings. The SMILES string of the molecule is CCN(Cc1cc(Br)ccc1F)C(=O)Cc1ccc(S(N)(=O)=O)cc1. The van der Waals surface area contributed by atoms with Gasteiger partial charge in [0.1, 0.15) is 5.82 Å². The summed E-state index contributed by atoms with van der Waals surface area (Å²) in [6, 6.07) is 10.4. The molecule has 0 aliphatic heterocycles. The standard InChI is InChI=1S/C17H18BrFN2O3S/c1-2-21(11-13-10-14(18)5-8-16(13)19)17(22)9-12-3-6-15(7-4-12)25(20,23)24/h3-8,10H,2,9,11H2,1H3,(H2,20,23,24). The molecule has 0 aliphatic rings. The number of rotatable bonds is 6. The summed E-state index contributed by atoms with van der Waals surface area (Å²) in [6.07, 6.45) is 0.0916. The second-order valence-electron chi connectivity index (χ2n) is 5.51. The fourth-order valence-electron chi connectivity index (χ4n) is 2.33. The topological polar surface area (TPSA) is 80.5 Å². The maximum absolute atomic E-state index is 13.9. The first-order valence-corrected chi connectivity index (χ1v) is 9.88. The third-order valence-corrected chi connectivity index (χ3v) is 5.13. The molecule has 5 nitrogen and oxygen atoms in total. The van der Waals surface area contributed by atoms with E-state index >= 15 is 0 Å². The fraction of sp³-hybridized carbons (Fsp3) is 0.235. The Labute approximate surface area is 154 Å². The molecule has 0 atom stereocenters. The minimum atomic E-state index is -3.76. The van der Waals surface area contributed by atoms with Gasteiger partial charge in [0.15, 0.2) is 0 Å². The van der Waals surface area contributed by atoms with E-state index in [1.165, 1.54) is 18.2 Å². The van der Waals surface area contributed by atoms with Crippen LogP contribution in [0, 0.1) is 5.82 Å². The number of nitrogens with zero attached hydrogens (tertiary/aromatic N) is 1. The minimum Gasteiger partial charge on any atom is -0.338 e. The number of hydrogen-bond acceptors (Lipinski definition) is 3. The molecule has 2 aromatic carbocycles. The van der Waals surface area contributed by atoms with Gasteiger partial charge in [0, 0.05) is 23.1 Å². The first-order chi connectivity index (χ1) is 11.7. The third-order valence-electron chi connectivity index (χ3n) is 3.71. The highest BCUT2D eigenvalue weighted by Gasteiger charge is 2.16. The smallest absolute Gasteiger partial charge is 0.238 e. The number of amides is 1. The summed E-state index contributed by atoms with van der Waals surface area (Å²) in [6.45, 7) is 2.41. The van der Waals surface area contributed by atoms with Gasteiger partial charge in [0.25, 0.3) is 0 Å². The van der Waals surface area contributed by atoms with Crippen molar-refractivity contribution in [1.82, 2.24) is 4.90 Å². The van der Waals surface area contributed by atoms with Gasteiger partial charge in [-0.05, 0) is 42.8 Å². The molecule has 0 fully saturated rings. The van der Waals surface area contributed by atoms with E-state index in [1.807, 2.05) is 6.92 Å². The van der Waals surface area contributed by atoms with Crippen molar-refractivity contribution in [2.24, 2.45) is 5.14 Å². The van der Waals surface area contributed by atoms with E-state index < -0.39 is 10.0 Å². The molecule has 0 saturated heterocycles. The van der Waals surface area contributed by atoms with Crippen molar-refractivity contribution in [1.29, 1.82) is 0 Å². The van der Waals surface area contributed by atoms with Crippen molar-refractivity contribution in [3.8, 4) is 0 Å². The molecule has 0 saturated carbocycles. The number of likely N-dealkylation sites (N-methyl/N-ethyl adjacent to an activating group) is 1. The molecule has 0 unspecified atom stereocenters. The largest absolute Gasteiger partial charge is 0.338 e. The molecular formula is C17H18BrFN2O3S. The molecule has 0 aromatic heterocycles. The predicted molar refractivity (Wildman–Crippen MR) is 96.7 cm³/mol. The van der Waals surface area contributed by atoms with Gasteiger partial charge in [-0.2, -0.15) is 0 Å². The maximum Gasteiger partial charge on any atom is 0.238 e. The van der Waals surface area contributed by atoms with Gasteiger partial charge in [-0.1, -0.05) is 28.1 Å². The lowest BCUT2D eigenvalue weighted by Gasteiger charge is -2.21. The molecule has 2 rings (SSSR count). The predicted octanol–water partition coefficient (Wildman–Crippen LogP) is 2.83. The third kappa shape index (κ3) is 5.35. The quantitative estimate of drug-likeness (QED) is 0.767. The van der Waals surface area contributed by atoms with E-state index in [1.54, 1.807) is 29.2 Å². The Bertz CT molecular complexity index is 870. The molecule has 0 radical (unpaired) electrons. The van der Waals surface area contributed by atoms with Crippen LogP contribution in [0.1, 0.15) is 18.1 Å². The van der Waals surface area contributed by atoms with E-state index in [0.29, 0.717) is 17.7 Å². The average Bonchev–Trinajstić information content (AvgIpc) is 2.55. The average molecular weight is 429 g/mol. The zero-order valence-electron chi connectivity index (χ0n) is 13.6. The Balaban J connectivity index is 2.11. The highest BCUT2D eigenvalue weighted by Crippen LogP contribution is 2.18. The van der Waals surface area contributed by atoms with Gasteiger partial charge in [0.05, 0.1) is 11.3 Å². The van der Waals surface area contributed by atoms with Crippen molar-refractivity contribution in [2.45, 2.75) is 24.8 Å². The van der Waals surface area contributed by atoms with E-state index in [0.717, 1.165) is 4.47 Å². The molecule has 1 amide bonds. The van der Waals surface area contributed by atoms with Crippen LogP contribution in [-0.2, 0) is 27.8 Å². The maximum atomic E-state index is 13.9. The second-order valence-corrected chi connectivity index (χ2v) is 7.99. The van der Waals surface area contributed by atoms with Crippen LogP contribution in [0.4, 0.5) is 4.39 Å². The Morgan fingerprint density at radius 2 is 1.84 bits per heavy atom. The molecule has 25 heavy (non-hydrogen) atoms. The summed E-state index contributed by atoms with van der Waals surface area (Å²) < 4.78 is 37.1. The van der Waals surface area contributed by atoms with Gasteiger partial charge in [-0.3, -0.25) is 4.79 Å². The summed E-state index contributed by atoms with van der Waals surface area (Å²) in [5.74, 6) is -0.544.